The highest BCUT2D eigenvalue weighted by molar-refractivity contribution is 7.09. The highest BCUT2D eigenvalue weighted by atomic mass is 35.5. The summed E-state index contributed by atoms with van der Waals surface area (Å²) in [5.41, 5.74) is 0. The number of aryl methyl sites for hydroxylation is 1. The lowest BCUT2D eigenvalue weighted by Gasteiger charge is -2.23. The molecule has 1 aliphatic rings. The quantitative estimate of drug-likeness (QED) is 0.873. The van der Waals surface area contributed by atoms with Crippen LogP contribution in [-0.4, -0.2) is 25.0 Å². The Morgan fingerprint density at radius 3 is 3.11 bits per heavy atom. The van der Waals surface area contributed by atoms with Gasteiger partial charge in [-0.25, -0.2) is 0 Å². The molecular formula is C13H21ClN2OS. The standard InChI is InChI=1S/C13H20N2OS.ClH/c16-13(15-11-4-2-8-14-10-11)7-1-5-12-6-3-9-17-12;/h3,6,9,11,14H,1-2,4-5,7-8,10H2,(H,15,16);1H. The summed E-state index contributed by atoms with van der Waals surface area (Å²) in [4.78, 5) is 13.1. The van der Waals surface area contributed by atoms with Crippen LogP contribution in [0, 0.1) is 0 Å². The molecule has 0 bridgehead atoms. The van der Waals surface area contributed by atoms with Crippen LogP contribution in [0.4, 0.5) is 0 Å². The van der Waals surface area contributed by atoms with Gasteiger partial charge in [-0.05, 0) is 43.7 Å². The third-order valence-electron chi connectivity index (χ3n) is 3.07. The van der Waals surface area contributed by atoms with Crippen molar-refractivity contribution in [1.82, 2.24) is 10.6 Å². The number of piperidine rings is 1. The number of thiophene rings is 1. The minimum Gasteiger partial charge on any atom is -0.352 e. The second kappa shape index (κ2) is 8.51. The number of halogens is 1. The molecule has 1 aliphatic heterocycles. The molecule has 1 unspecified atom stereocenters. The average molecular weight is 289 g/mol. The fraction of sp³-hybridized carbons (Fsp3) is 0.615. The Bertz CT molecular complexity index is 337. The van der Waals surface area contributed by atoms with Crippen LogP contribution in [0.1, 0.15) is 30.6 Å². The summed E-state index contributed by atoms with van der Waals surface area (Å²) >= 11 is 1.77. The second-order valence-electron chi connectivity index (χ2n) is 4.54. The van der Waals surface area contributed by atoms with E-state index in [1.165, 1.54) is 11.3 Å². The lowest BCUT2D eigenvalue weighted by Crippen LogP contribution is -2.45. The number of hydrogen-bond acceptors (Lipinski definition) is 3. The summed E-state index contributed by atoms with van der Waals surface area (Å²) in [7, 11) is 0. The zero-order valence-electron chi connectivity index (χ0n) is 10.5. The van der Waals surface area contributed by atoms with Gasteiger partial charge in [-0.3, -0.25) is 4.79 Å². The third kappa shape index (κ3) is 5.38. The predicted octanol–water partition coefficient (Wildman–Crippen LogP) is 2.36. The van der Waals surface area contributed by atoms with E-state index in [1.807, 2.05) is 0 Å². The molecule has 1 amide bonds. The summed E-state index contributed by atoms with van der Waals surface area (Å²) in [6.07, 6.45) is 4.90. The maximum atomic E-state index is 11.7. The van der Waals surface area contributed by atoms with Crippen molar-refractivity contribution in [2.75, 3.05) is 13.1 Å². The maximum Gasteiger partial charge on any atom is 0.220 e. The molecule has 0 aliphatic carbocycles. The van der Waals surface area contributed by atoms with Gasteiger partial charge in [-0.2, -0.15) is 0 Å². The van der Waals surface area contributed by atoms with Gasteiger partial charge in [0.1, 0.15) is 0 Å². The average Bonchev–Trinajstić information content (AvgIpc) is 2.83. The van der Waals surface area contributed by atoms with Crippen molar-refractivity contribution < 1.29 is 4.79 Å². The van der Waals surface area contributed by atoms with Crippen LogP contribution in [0.25, 0.3) is 0 Å². The Kier molecular flexibility index (Phi) is 7.32. The molecule has 1 aromatic rings. The van der Waals surface area contributed by atoms with Crippen molar-refractivity contribution in [3.63, 3.8) is 0 Å². The molecule has 18 heavy (non-hydrogen) atoms. The molecule has 0 radical (unpaired) electrons. The first-order valence-corrected chi connectivity index (χ1v) is 7.25. The van der Waals surface area contributed by atoms with E-state index in [9.17, 15) is 4.79 Å². The SMILES string of the molecule is Cl.O=C(CCCc1cccs1)NC1CCCNC1. The van der Waals surface area contributed by atoms with Crippen LogP contribution in [0.15, 0.2) is 17.5 Å². The monoisotopic (exact) mass is 288 g/mol. The van der Waals surface area contributed by atoms with Crippen molar-refractivity contribution in [3.8, 4) is 0 Å². The number of carbonyl (C=O) groups excluding carboxylic acids is 1. The minimum absolute atomic E-state index is 0. The first-order valence-electron chi connectivity index (χ1n) is 6.37. The van der Waals surface area contributed by atoms with Crippen molar-refractivity contribution >= 4 is 29.7 Å². The Hall–Kier alpha value is -0.580. The summed E-state index contributed by atoms with van der Waals surface area (Å²) < 4.78 is 0. The Morgan fingerprint density at radius 1 is 1.56 bits per heavy atom. The van der Waals surface area contributed by atoms with Crippen LogP contribution in [0.2, 0.25) is 0 Å². The van der Waals surface area contributed by atoms with Gasteiger partial charge in [0, 0.05) is 23.9 Å². The van der Waals surface area contributed by atoms with E-state index in [0.29, 0.717) is 12.5 Å². The van der Waals surface area contributed by atoms with E-state index in [1.54, 1.807) is 11.3 Å². The Morgan fingerprint density at radius 2 is 2.44 bits per heavy atom. The highest BCUT2D eigenvalue weighted by Gasteiger charge is 2.14. The van der Waals surface area contributed by atoms with Crippen LogP contribution >= 0.6 is 23.7 Å². The van der Waals surface area contributed by atoms with Crippen LogP contribution in [0.3, 0.4) is 0 Å². The van der Waals surface area contributed by atoms with Crippen LogP contribution in [0.5, 0.6) is 0 Å². The molecule has 5 heteroatoms. The molecule has 102 valence electrons. The van der Waals surface area contributed by atoms with Gasteiger partial charge in [-0.1, -0.05) is 6.07 Å². The summed E-state index contributed by atoms with van der Waals surface area (Å²) in [6, 6.07) is 4.54. The molecular weight excluding hydrogens is 268 g/mol. The predicted molar refractivity (Wildman–Crippen MR) is 78.5 cm³/mol. The number of rotatable bonds is 5. The molecule has 2 N–H and O–H groups in total. The van der Waals surface area contributed by atoms with Gasteiger partial charge < -0.3 is 10.6 Å². The molecule has 1 saturated heterocycles. The van der Waals surface area contributed by atoms with E-state index in [-0.39, 0.29) is 18.3 Å². The minimum atomic E-state index is 0. The van der Waals surface area contributed by atoms with Crippen molar-refractivity contribution in [2.24, 2.45) is 0 Å². The molecule has 0 saturated carbocycles. The topological polar surface area (TPSA) is 41.1 Å². The van der Waals surface area contributed by atoms with Crippen LogP contribution < -0.4 is 10.6 Å². The van der Waals surface area contributed by atoms with E-state index in [0.717, 1.165) is 32.4 Å². The van der Waals surface area contributed by atoms with E-state index in [4.69, 9.17) is 0 Å². The molecule has 3 nitrogen and oxygen atoms in total. The Labute approximate surface area is 119 Å². The highest BCUT2D eigenvalue weighted by Crippen LogP contribution is 2.12. The van der Waals surface area contributed by atoms with Crippen molar-refractivity contribution in [2.45, 2.75) is 38.1 Å². The molecule has 1 fully saturated rings. The lowest BCUT2D eigenvalue weighted by molar-refractivity contribution is -0.122. The van der Waals surface area contributed by atoms with Gasteiger partial charge in [0.2, 0.25) is 5.91 Å². The summed E-state index contributed by atoms with van der Waals surface area (Å²) in [5.74, 6) is 0.204. The largest absolute Gasteiger partial charge is 0.352 e. The second-order valence-corrected chi connectivity index (χ2v) is 5.58. The fourth-order valence-electron chi connectivity index (χ4n) is 2.15. The van der Waals surface area contributed by atoms with Gasteiger partial charge >= 0.3 is 0 Å². The van der Waals surface area contributed by atoms with Gasteiger partial charge in [0.25, 0.3) is 0 Å². The van der Waals surface area contributed by atoms with Crippen molar-refractivity contribution in [1.29, 1.82) is 0 Å². The summed E-state index contributed by atoms with van der Waals surface area (Å²) in [5, 5.41) is 8.49. The first kappa shape index (κ1) is 15.5. The molecule has 2 rings (SSSR count). The molecule has 1 aromatic heterocycles. The van der Waals surface area contributed by atoms with E-state index in [2.05, 4.69) is 28.1 Å². The first-order chi connectivity index (χ1) is 8.34. The Balaban J connectivity index is 0.00000162. The van der Waals surface area contributed by atoms with Gasteiger partial charge in [0.15, 0.2) is 0 Å². The zero-order valence-corrected chi connectivity index (χ0v) is 12.1. The number of carbonyl (C=O) groups is 1. The smallest absolute Gasteiger partial charge is 0.220 e. The molecule has 1 atom stereocenters. The molecule has 0 aromatic carbocycles. The molecule has 2 heterocycles. The normalized spacial score (nSPS) is 19.0. The maximum absolute atomic E-state index is 11.7. The van der Waals surface area contributed by atoms with Crippen LogP contribution in [-0.2, 0) is 11.2 Å². The zero-order chi connectivity index (χ0) is 11.9. The third-order valence-corrected chi connectivity index (χ3v) is 4.01. The number of amides is 1. The number of nitrogens with one attached hydrogen (secondary N) is 2. The van der Waals surface area contributed by atoms with Gasteiger partial charge in [0.05, 0.1) is 0 Å². The fourth-order valence-corrected chi connectivity index (χ4v) is 2.90. The van der Waals surface area contributed by atoms with E-state index < -0.39 is 0 Å². The van der Waals surface area contributed by atoms with Gasteiger partial charge in [-0.15, -0.1) is 23.7 Å². The number of hydrogen-bond donors (Lipinski definition) is 2. The lowest BCUT2D eigenvalue weighted by atomic mass is 10.1. The molecule has 0 spiro atoms. The van der Waals surface area contributed by atoms with Crippen molar-refractivity contribution in [3.05, 3.63) is 22.4 Å². The summed E-state index contributed by atoms with van der Waals surface area (Å²) in [6.45, 7) is 2.02. The van der Waals surface area contributed by atoms with E-state index >= 15 is 0 Å².